The van der Waals surface area contributed by atoms with Gasteiger partial charge < -0.3 is 9.84 Å². The molecule has 1 N–H and O–H groups in total. The van der Waals surface area contributed by atoms with Crippen molar-refractivity contribution in [2.75, 3.05) is 4.90 Å². The first-order valence-electron chi connectivity index (χ1n) is 11.1. The number of hydrogen-bond donors (Lipinski definition) is 1. The van der Waals surface area contributed by atoms with E-state index in [1.165, 1.54) is 24.3 Å². The average molecular weight is 497 g/mol. The Morgan fingerprint density at radius 1 is 1.03 bits per heavy atom. The van der Waals surface area contributed by atoms with E-state index in [9.17, 15) is 32.3 Å². The van der Waals surface area contributed by atoms with Gasteiger partial charge >= 0.3 is 6.18 Å². The van der Waals surface area contributed by atoms with Crippen LogP contribution < -0.4 is 9.64 Å². The maximum absolute atomic E-state index is 14.9. The molecule has 2 heterocycles. The maximum atomic E-state index is 14.9. The number of carbonyl (C=O) groups excluding carboxylic acids is 2. The summed E-state index contributed by atoms with van der Waals surface area (Å²) in [5.74, 6) is -2.80. The SMILES string of the molecule is CC1Cc2cc(/C(O)=C3\C(=O)C(=O)N(c4ccc(C(F)(F)F)cc4)C3c3ccccc3F)ccc2O1. The van der Waals surface area contributed by atoms with Crippen molar-refractivity contribution >= 4 is 23.1 Å². The van der Waals surface area contributed by atoms with Crippen molar-refractivity contribution in [1.29, 1.82) is 0 Å². The van der Waals surface area contributed by atoms with Crippen molar-refractivity contribution in [1.82, 2.24) is 0 Å². The first kappa shape index (κ1) is 23.6. The van der Waals surface area contributed by atoms with Gasteiger partial charge in [-0.1, -0.05) is 18.2 Å². The molecule has 1 amide bonds. The van der Waals surface area contributed by atoms with E-state index in [0.29, 0.717) is 12.2 Å². The van der Waals surface area contributed by atoms with Gasteiger partial charge in [0, 0.05) is 23.2 Å². The van der Waals surface area contributed by atoms with E-state index in [1.54, 1.807) is 12.1 Å². The minimum atomic E-state index is -4.60. The number of fused-ring (bicyclic) bond motifs is 1. The van der Waals surface area contributed by atoms with E-state index >= 15 is 0 Å². The van der Waals surface area contributed by atoms with Crippen LogP contribution in [0, 0.1) is 5.82 Å². The second kappa shape index (κ2) is 8.51. The number of ketones is 1. The highest BCUT2D eigenvalue weighted by Crippen LogP contribution is 2.44. The Bertz CT molecular complexity index is 1410. The molecule has 3 aromatic rings. The number of aliphatic hydroxyl groups excluding tert-OH is 1. The number of rotatable bonds is 3. The molecule has 5 rings (SSSR count). The zero-order valence-corrected chi connectivity index (χ0v) is 18.8. The third-order valence-electron chi connectivity index (χ3n) is 6.29. The summed E-state index contributed by atoms with van der Waals surface area (Å²) in [5.41, 5.74) is -0.411. The number of benzene rings is 3. The second-order valence-electron chi connectivity index (χ2n) is 8.69. The summed E-state index contributed by atoms with van der Waals surface area (Å²) in [4.78, 5) is 27.2. The van der Waals surface area contributed by atoms with Crippen molar-refractivity contribution in [3.8, 4) is 5.75 Å². The molecule has 1 saturated heterocycles. The normalized spacial score (nSPS) is 21.0. The summed E-state index contributed by atoms with van der Waals surface area (Å²) < 4.78 is 59.8. The van der Waals surface area contributed by atoms with Gasteiger partial charge in [-0.05, 0) is 61.0 Å². The lowest BCUT2D eigenvalue weighted by Gasteiger charge is -2.26. The Labute approximate surface area is 203 Å². The zero-order valence-electron chi connectivity index (χ0n) is 18.8. The first-order valence-corrected chi connectivity index (χ1v) is 11.1. The number of alkyl halides is 3. The third kappa shape index (κ3) is 3.90. The third-order valence-corrected chi connectivity index (χ3v) is 6.29. The number of carbonyl (C=O) groups is 2. The lowest BCUT2D eigenvalue weighted by Crippen LogP contribution is -2.30. The molecule has 0 aromatic heterocycles. The van der Waals surface area contributed by atoms with E-state index < -0.39 is 41.0 Å². The zero-order chi connectivity index (χ0) is 25.8. The van der Waals surface area contributed by atoms with Gasteiger partial charge in [0.05, 0.1) is 17.2 Å². The molecule has 36 heavy (non-hydrogen) atoms. The summed E-state index contributed by atoms with van der Waals surface area (Å²) in [6.07, 6.45) is -4.10. The molecule has 2 unspecified atom stereocenters. The summed E-state index contributed by atoms with van der Waals surface area (Å²) in [6, 6.07) is 12.4. The molecule has 9 heteroatoms. The fourth-order valence-corrected chi connectivity index (χ4v) is 4.63. The fraction of sp³-hybridized carbons (Fsp3) is 0.185. The largest absolute Gasteiger partial charge is 0.507 e. The average Bonchev–Trinajstić information content (AvgIpc) is 3.34. The van der Waals surface area contributed by atoms with Gasteiger partial charge in [-0.3, -0.25) is 14.5 Å². The van der Waals surface area contributed by atoms with Crippen LogP contribution >= 0.6 is 0 Å². The van der Waals surface area contributed by atoms with Crippen LogP contribution in [0.15, 0.2) is 72.3 Å². The second-order valence-corrected chi connectivity index (χ2v) is 8.69. The Balaban J connectivity index is 1.67. The van der Waals surface area contributed by atoms with Crippen molar-refractivity contribution in [3.05, 3.63) is 100 Å². The molecule has 0 bridgehead atoms. The van der Waals surface area contributed by atoms with Crippen molar-refractivity contribution in [3.63, 3.8) is 0 Å². The molecule has 3 aromatic carbocycles. The molecule has 1 fully saturated rings. The highest BCUT2D eigenvalue weighted by Gasteiger charge is 2.48. The van der Waals surface area contributed by atoms with E-state index in [1.807, 2.05) is 6.92 Å². The molecule has 0 saturated carbocycles. The van der Waals surface area contributed by atoms with Crippen LogP contribution in [-0.4, -0.2) is 22.9 Å². The van der Waals surface area contributed by atoms with Gasteiger partial charge in [0.1, 0.15) is 23.4 Å². The lowest BCUT2D eigenvalue weighted by molar-refractivity contribution is -0.137. The quantitative estimate of drug-likeness (QED) is 0.215. The van der Waals surface area contributed by atoms with Crippen LogP contribution in [0.25, 0.3) is 5.76 Å². The van der Waals surface area contributed by atoms with Gasteiger partial charge in [-0.2, -0.15) is 13.2 Å². The van der Waals surface area contributed by atoms with E-state index in [0.717, 1.165) is 40.8 Å². The Morgan fingerprint density at radius 3 is 2.39 bits per heavy atom. The number of amides is 1. The minimum Gasteiger partial charge on any atom is -0.507 e. The predicted octanol–water partition coefficient (Wildman–Crippen LogP) is 5.79. The van der Waals surface area contributed by atoms with Gasteiger partial charge in [0.2, 0.25) is 0 Å². The van der Waals surface area contributed by atoms with Crippen LogP contribution in [0.5, 0.6) is 5.75 Å². The van der Waals surface area contributed by atoms with Crippen LogP contribution in [0.2, 0.25) is 0 Å². The molecule has 2 aliphatic heterocycles. The van der Waals surface area contributed by atoms with Crippen LogP contribution in [0.1, 0.15) is 35.2 Å². The number of anilines is 1. The molecule has 2 atom stereocenters. The number of ether oxygens (including phenoxy) is 1. The van der Waals surface area contributed by atoms with E-state index in [4.69, 9.17) is 4.74 Å². The number of nitrogens with zero attached hydrogens (tertiary/aromatic N) is 1. The van der Waals surface area contributed by atoms with Crippen molar-refractivity contribution in [2.45, 2.75) is 31.7 Å². The Kier molecular flexibility index (Phi) is 5.58. The molecule has 0 aliphatic carbocycles. The molecule has 184 valence electrons. The number of aliphatic hydroxyl groups is 1. The van der Waals surface area contributed by atoms with E-state index in [-0.39, 0.29) is 28.5 Å². The van der Waals surface area contributed by atoms with Crippen LogP contribution in [0.3, 0.4) is 0 Å². The summed E-state index contributed by atoms with van der Waals surface area (Å²) in [5, 5.41) is 11.2. The predicted molar refractivity (Wildman–Crippen MR) is 123 cm³/mol. The standard InChI is InChI=1S/C27H19F4NO4/c1-14-12-16-13-15(6-11-21(16)36-14)24(33)22-23(19-4-2-3-5-20(19)28)32(26(35)25(22)34)18-9-7-17(8-10-18)27(29,30)31/h2-11,13-14,23,33H,12H2,1H3/b24-22+. The summed E-state index contributed by atoms with van der Waals surface area (Å²) in [7, 11) is 0. The van der Waals surface area contributed by atoms with Gasteiger partial charge in [0.25, 0.3) is 11.7 Å². The number of hydrogen-bond acceptors (Lipinski definition) is 4. The number of halogens is 4. The molecular formula is C27H19F4NO4. The molecule has 5 nitrogen and oxygen atoms in total. The monoisotopic (exact) mass is 497 g/mol. The van der Waals surface area contributed by atoms with Gasteiger partial charge in [-0.25, -0.2) is 4.39 Å². The summed E-state index contributed by atoms with van der Waals surface area (Å²) in [6.45, 7) is 1.88. The van der Waals surface area contributed by atoms with Crippen LogP contribution in [0.4, 0.5) is 23.2 Å². The smallest absolute Gasteiger partial charge is 0.416 e. The van der Waals surface area contributed by atoms with Gasteiger partial charge in [0.15, 0.2) is 0 Å². The summed E-state index contributed by atoms with van der Waals surface area (Å²) >= 11 is 0. The first-order chi connectivity index (χ1) is 17.1. The minimum absolute atomic E-state index is 0.0476. The van der Waals surface area contributed by atoms with Crippen molar-refractivity contribution in [2.24, 2.45) is 0 Å². The lowest BCUT2D eigenvalue weighted by atomic mass is 9.94. The van der Waals surface area contributed by atoms with Crippen molar-refractivity contribution < 1.29 is 37.0 Å². The molecule has 0 radical (unpaired) electrons. The Morgan fingerprint density at radius 2 is 1.72 bits per heavy atom. The molecule has 0 spiro atoms. The van der Waals surface area contributed by atoms with Gasteiger partial charge in [-0.15, -0.1) is 0 Å². The van der Waals surface area contributed by atoms with E-state index in [2.05, 4.69) is 0 Å². The highest BCUT2D eigenvalue weighted by atomic mass is 19.4. The Hall–Kier alpha value is -4.14. The highest BCUT2D eigenvalue weighted by molar-refractivity contribution is 6.51. The van der Waals surface area contributed by atoms with Crippen LogP contribution in [-0.2, 0) is 22.2 Å². The number of Topliss-reactive ketones (excluding diaryl/α,β-unsaturated/α-hetero) is 1. The maximum Gasteiger partial charge on any atom is 0.416 e. The molecule has 2 aliphatic rings. The topological polar surface area (TPSA) is 66.8 Å². The fourth-order valence-electron chi connectivity index (χ4n) is 4.63. The molecular weight excluding hydrogens is 478 g/mol.